The number of aliphatic hydroxyl groups excluding tert-OH is 1. The first-order chi connectivity index (χ1) is 8.89. The van der Waals surface area contributed by atoms with E-state index < -0.39 is 21.2 Å². The summed E-state index contributed by atoms with van der Waals surface area (Å²) in [6, 6.07) is 9.42. The molecular formula is C13H16N2O3S. The number of aliphatic hydroxyl groups is 1. The van der Waals surface area contributed by atoms with Gasteiger partial charge in [0.25, 0.3) is 0 Å². The molecule has 0 amide bonds. The normalized spacial score (nSPS) is 15.1. The molecule has 0 aliphatic rings. The predicted octanol–water partition coefficient (Wildman–Crippen LogP) is 1.34. The average Bonchev–Trinajstić information content (AvgIpc) is 2.86. The first-order valence-corrected chi connectivity index (χ1v) is 7.82. The summed E-state index contributed by atoms with van der Waals surface area (Å²) in [6.07, 6.45) is 3.16. The Balaban J connectivity index is 2.27. The third kappa shape index (κ3) is 3.02. The number of benzene rings is 1. The van der Waals surface area contributed by atoms with Gasteiger partial charge >= 0.3 is 0 Å². The highest BCUT2D eigenvalue weighted by molar-refractivity contribution is 7.91. The third-order valence-electron chi connectivity index (χ3n) is 3.08. The number of hydrogen-bond donors (Lipinski definition) is 1. The zero-order valence-corrected chi connectivity index (χ0v) is 11.6. The van der Waals surface area contributed by atoms with Gasteiger partial charge in [0.1, 0.15) is 0 Å². The van der Waals surface area contributed by atoms with E-state index >= 15 is 0 Å². The monoisotopic (exact) mass is 280 g/mol. The molecule has 1 aromatic carbocycles. The molecule has 102 valence electrons. The van der Waals surface area contributed by atoms with E-state index in [0.717, 1.165) is 11.9 Å². The van der Waals surface area contributed by atoms with Crippen LogP contribution in [0.3, 0.4) is 0 Å². The molecule has 2 rings (SSSR count). The largest absolute Gasteiger partial charge is 0.387 e. The Hall–Kier alpha value is -1.66. The van der Waals surface area contributed by atoms with Gasteiger partial charge in [-0.05, 0) is 19.1 Å². The molecule has 2 atom stereocenters. The van der Waals surface area contributed by atoms with Gasteiger partial charge in [0.2, 0.25) is 0 Å². The Morgan fingerprint density at radius 3 is 2.47 bits per heavy atom. The van der Waals surface area contributed by atoms with Crippen LogP contribution in [0.5, 0.6) is 0 Å². The summed E-state index contributed by atoms with van der Waals surface area (Å²) in [5.74, 6) is 0. The highest BCUT2D eigenvalue weighted by Crippen LogP contribution is 2.21. The van der Waals surface area contributed by atoms with Crippen LogP contribution in [-0.4, -0.2) is 34.8 Å². The zero-order valence-electron chi connectivity index (χ0n) is 10.8. The van der Waals surface area contributed by atoms with Crippen molar-refractivity contribution in [3.63, 3.8) is 0 Å². The third-order valence-corrected chi connectivity index (χ3v) is 4.69. The standard InChI is InChI=1S/C13H16N2O3S/c1-10(19(2,17)18)13(16)11-8-14-15(9-11)12-6-4-3-5-7-12/h3-10,13,16H,1-2H3. The maximum atomic E-state index is 11.4. The number of rotatable bonds is 4. The van der Waals surface area contributed by atoms with Crippen LogP contribution in [0.4, 0.5) is 0 Å². The van der Waals surface area contributed by atoms with E-state index in [2.05, 4.69) is 5.10 Å². The molecule has 0 radical (unpaired) electrons. The molecule has 6 heteroatoms. The van der Waals surface area contributed by atoms with Crippen LogP contribution in [0.15, 0.2) is 42.7 Å². The molecule has 2 aromatic rings. The van der Waals surface area contributed by atoms with Crippen LogP contribution in [0.2, 0.25) is 0 Å². The highest BCUT2D eigenvalue weighted by atomic mass is 32.2. The van der Waals surface area contributed by atoms with Crippen molar-refractivity contribution >= 4 is 9.84 Å². The quantitative estimate of drug-likeness (QED) is 0.917. The maximum Gasteiger partial charge on any atom is 0.152 e. The lowest BCUT2D eigenvalue weighted by molar-refractivity contribution is 0.176. The van der Waals surface area contributed by atoms with Gasteiger partial charge in [-0.3, -0.25) is 0 Å². The predicted molar refractivity (Wildman–Crippen MR) is 72.8 cm³/mol. The van der Waals surface area contributed by atoms with E-state index in [0.29, 0.717) is 5.56 Å². The first kappa shape index (κ1) is 13.8. The van der Waals surface area contributed by atoms with Gasteiger partial charge in [-0.25, -0.2) is 13.1 Å². The zero-order chi connectivity index (χ0) is 14.0. The van der Waals surface area contributed by atoms with Crippen LogP contribution in [0, 0.1) is 0 Å². The molecule has 0 saturated carbocycles. The lowest BCUT2D eigenvalue weighted by Crippen LogP contribution is -2.23. The minimum atomic E-state index is -3.29. The minimum absolute atomic E-state index is 0.488. The smallest absolute Gasteiger partial charge is 0.152 e. The van der Waals surface area contributed by atoms with E-state index in [9.17, 15) is 13.5 Å². The molecule has 19 heavy (non-hydrogen) atoms. The van der Waals surface area contributed by atoms with Crippen LogP contribution in [0.1, 0.15) is 18.6 Å². The Morgan fingerprint density at radius 1 is 1.26 bits per heavy atom. The van der Waals surface area contributed by atoms with E-state index in [1.54, 1.807) is 10.9 Å². The van der Waals surface area contributed by atoms with E-state index in [-0.39, 0.29) is 0 Å². The fourth-order valence-electron chi connectivity index (χ4n) is 1.72. The molecular weight excluding hydrogens is 264 g/mol. The summed E-state index contributed by atoms with van der Waals surface area (Å²) in [6.45, 7) is 1.49. The fraction of sp³-hybridized carbons (Fsp3) is 0.308. The van der Waals surface area contributed by atoms with Crippen molar-refractivity contribution in [1.29, 1.82) is 0 Å². The van der Waals surface area contributed by atoms with E-state index in [1.807, 2.05) is 30.3 Å². The first-order valence-electron chi connectivity index (χ1n) is 5.86. The van der Waals surface area contributed by atoms with Crippen LogP contribution in [0.25, 0.3) is 5.69 Å². The SMILES string of the molecule is CC(C(O)c1cnn(-c2ccccc2)c1)S(C)(=O)=O. The lowest BCUT2D eigenvalue weighted by Gasteiger charge is -2.15. The molecule has 0 spiro atoms. The van der Waals surface area contributed by atoms with Crippen molar-refractivity contribution in [1.82, 2.24) is 9.78 Å². The lowest BCUT2D eigenvalue weighted by atomic mass is 10.1. The number of para-hydroxylation sites is 1. The van der Waals surface area contributed by atoms with Gasteiger partial charge < -0.3 is 5.11 Å². The molecule has 0 aliphatic heterocycles. The van der Waals surface area contributed by atoms with E-state index in [4.69, 9.17) is 0 Å². The van der Waals surface area contributed by atoms with Crippen LogP contribution < -0.4 is 0 Å². The molecule has 0 bridgehead atoms. The summed E-state index contributed by atoms with van der Waals surface area (Å²) in [4.78, 5) is 0. The molecule has 1 aromatic heterocycles. The molecule has 0 fully saturated rings. The summed E-state index contributed by atoms with van der Waals surface area (Å²) in [5.41, 5.74) is 1.34. The minimum Gasteiger partial charge on any atom is -0.387 e. The molecule has 0 saturated heterocycles. The van der Waals surface area contributed by atoms with Gasteiger partial charge in [0.05, 0.1) is 23.2 Å². The van der Waals surface area contributed by atoms with E-state index in [1.165, 1.54) is 13.1 Å². The van der Waals surface area contributed by atoms with Crippen molar-refractivity contribution in [2.45, 2.75) is 18.3 Å². The van der Waals surface area contributed by atoms with Gasteiger partial charge in [-0.15, -0.1) is 0 Å². The van der Waals surface area contributed by atoms with Gasteiger partial charge in [0, 0.05) is 18.0 Å². The number of sulfone groups is 1. The Labute approximate surface area is 112 Å². The molecule has 1 N–H and O–H groups in total. The second kappa shape index (κ2) is 5.14. The van der Waals surface area contributed by atoms with Crippen molar-refractivity contribution < 1.29 is 13.5 Å². The van der Waals surface area contributed by atoms with Crippen molar-refractivity contribution in [2.75, 3.05) is 6.26 Å². The summed E-state index contributed by atoms with van der Waals surface area (Å²) >= 11 is 0. The Bertz CT molecular complexity index is 650. The van der Waals surface area contributed by atoms with Crippen molar-refractivity contribution in [3.05, 3.63) is 48.3 Å². The Kier molecular flexibility index (Phi) is 3.73. The van der Waals surface area contributed by atoms with Crippen LogP contribution in [-0.2, 0) is 9.84 Å². The molecule has 0 aliphatic carbocycles. The van der Waals surface area contributed by atoms with Crippen molar-refractivity contribution in [2.24, 2.45) is 0 Å². The Morgan fingerprint density at radius 2 is 1.89 bits per heavy atom. The highest BCUT2D eigenvalue weighted by Gasteiger charge is 2.26. The fourth-order valence-corrected chi connectivity index (χ4v) is 2.34. The second-order valence-corrected chi connectivity index (χ2v) is 6.94. The summed E-state index contributed by atoms with van der Waals surface area (Å²) < 4.78 is 24.5. The summed E-state index contributed by atoms with van der Waals surface area (Å²) in [5, 5.41) is 13.3. The van der Waals surface area contributed by atoms with Crippen LogP contribution >= 0.6 is 0 Å². The average molecular weight is 280 g/mol. The van der Waals surface area contributed by atoms with Crippen molar-refractivity contribution in [3.8, 4) is 5.69 Å². The molecule has 2 unspecified atom stereocenters. The second-order valence-electron chi connectivity index (χ2n) is 4.53. The number of hydrogen-bond acceptors (Lipinski definition) is 4. The number of nitrogens with zero attached hydrogens (tertiary/aromatic N) is 2. The number of aromatic nitrogens is 2. The molecule has 5 nitrogen and oxygen atoms in total. The van der Waals surface area contributed by atoms with Gasteiger partial charge in [-0.2, -0.15) is 5.10 Å². The van der Waals surface area contributed by atoms with Gasteiger partial charge in [0.15, 0.2) is 9.84 Å². The molecule has 1 heterocycles. The summed E-state index contributed by atoms with van der Waals surface area (Å²) in [7, 11) is -3.29. The van der Waals surface area contributed by atoms with Gasteiger partial charge in [-0.1, -0.05) is 18.2 Å². The maximum absolute atomic E-state index is 11.4. The topological polar surface area (TPSA) is 72.2 Å².